The lowest BCUT2D eigenvalue weighted by molar-refractivity contribution is 1.18. The van der Waals surface area contributed by atoms with Crippen LogP contribution in [0.2, 0.25) is 0 Å². The van der Waals surface area contributed by atoms with E-state index in [-0.39, 0.29) is 0 Å². The fraction of sp³-hybridized carbons (Fsp3) is 0. The second-order valence-electron chi connectivity index (χ2n) is 16.9. The third-order valence-corrected chi connectivity index (χ3v) is 14.2. The Balaban J connectivity index is 0.889. The monoisotopic (exact) mass is 842 g/mol. The molecule has 0 bridgehead atoms. The first kappa shape index (κ1) is 37.3. The molecule has 0 aliphatic heterocycles. The molecule has 0 spiro atoms. The van der Waals surface area contributed by atoms with Gasteiger partial charge in [0.1, 0.15) is 0 Å². The summed E-state index contributed by atoms with van der Waals surface area (Å²) in [6.07, 6.45) is 0. The van der Waals surface area contributed by atoms with Gasteiger partial charge in [0.2, 0.25) is 0 Å². The SMILES string of the molecule is c1ccc(-c2nc(-c3ccc(-c4ccc5cc(-c6c7ccccc7c(-c7ccccc7)c7ccc8ccccc8c67)ccc5c4)cc3)cc(-c3ccc4sc5ccccc5c4c3)n2)cc1. The van der Waals surface area contributed by atoms with Crippen molar-refractivity contribution >= 4 is 74.6 Å². The van der Waals surface area contributed by atoms with Crippen LogP contribution in [-0.2, 0) is 0 Å². The van der Waals surface area contributed by atoms with Gasteiger partial charge in [-0.15, -0.1) is 11.3 Å². The number of fused-ring (bicyclic) bond motifs is 8. The number of nitrogens with zero attached hydrogens (tertiary/aromatic N) is 2. The van der Waals surface area contributed by atoms with Crippen molar-refractivity contribution in [3.8, 4) is 67.3 Å². The van der Waals surface area contributed by atoms with Gasteiger partial charge in [0.05, 0.1) is 11.4 Å². The van der Waals surface area contributed by atoms with E-state index >= 15 is 0 Å². The molecule has 0 unspecified atom stereocenters. The summed E-state index contributed by atoms with van der Waals surface area (Å²) in [6, 6.07) is 83.6. The third-order valence-electron chi connectivity index (χ3n) is 13.1. The van der Waals surface area contributed by atoms with Gasteiger partial charge in [-0.3, -0.25) is 0 Å². The molecule has 0 atom stereocenters. The molecule has 0 saturated carbocycles. The molecule has 65 heavy (non-hydrogen) atoms. The number of benzene rings is 11. The highest BCUT2D eigenvalue weighted by molar-refractivity contribution is 7.25. The summed E-state index contributed by atoms with van der Waals surface area (Å²) in [5, 5.41) is 12.6. The van der Waals surface area contributed by atoms with Crippen LogP contribution in [-0.4, -0.2) is 9.97 Å². The third kappa shape index (κ3) is 6.39. The van der Waals surface area contributed by atoms with Gasteiger partial charge >= 0.3 is 0 Å². The molecule has 0 N–H and O–H groups in total. The van der Waals surface area contributed by atoms with Gasteiger partial charge in [0.25, 0.3) is 0 Å². The van der Waals surface area contributed by atoms with Crippen LogP contribution in [0.1, 0.15) is 0 Å². The normalized spacial score (nSPS) is 11.7. The highest BCUT2D eigenvalue weighted by Gasteiger charge is 2.19. The first-order valence-electron chi connectivity index (χ1n) is 22.1. The average molecular weight is 843 g/mol. The molecule has 0 amide bonds. The number of hydrogen-bond donors (Lipinski definition) is 0. The summed E-state index contributed by atoms with van der Waals surface area (Å²) in [4.78, 5) is 10.3. The van der Waals surface area contributed by atoms with Crippen molar-refractivity contribution < 1.29 is 0 Å². The quantitative estimate of drug-likeness (QED) is 0.123. The van der Waals surface area contributed by atoms with Crippen molar-refractivity contribution in [2.45, 2.75) is 0 Å². The molecule has 2 heterocycles. The first-order valence-corrected chi connectivity index (χ1v) is 22.9. The smallest absolute Gasteiger partial charge is 0.160 e. The van der Waals surface area contributed by atoms with Crippen molar-refractivity contribution in [2.24, 2.45) is 0 Å². The van der Waals surface area contributed by atoms with Crippen LogP contribution < -0.4 is 0 Å². The number of rotatable bonds is 6. The Hall–Kier alpha value is -8.24. The summed E-state index contributed by atoms with van der Waals surface area (Å²) < 4.78 is 2.58. The summed E-state index contributed by atoms with van der Waals surface area (Å²) in [7, 11) is 0. The molecule has 0 radical (unpaired) electrons. The van der Waals surface area contributed by atoms with Gasteiger partial charge < -0.3 is 0 Å². The van der Waals surface area contributed by atoms with Crippen molar-refractivity contribution in [3.63, 3.8) is 0 Å². The molecule has 0 fully saturated rings. The summed E-state index contributed by atoms with van der Waals surface area (Å²) in [5.41, 5.74) is 12.3. The Bertz CT molecular complexity index is 3980. The summed E-state index contributed by atoms with van der Waals surface area (Å²) >= 11 is 1.83. The zero-order chi connectivity index (χ0) is 42.8. The van der Waals surface area contributed by atoms with E-state index in [1.165, 1.54) is 91.1 Å². The second kappa shape index (κ2) is 15.2. The topological polar surface area (TPSA) is 25.8 Å². The number of aromatic nitrogens is 2. The van der Waals surface area contributed by atoms with E-state index in [4.69, 9.17) is 9.97 Å². The van der Waals surface area contributed by atoms with Crippen LogP contribution >= 0.6 is 11.3 Å². The minimum atomic E-state index is 0.715. The summed E-state index contributed by atoms with van der Waals surface area (Å²) in [6.45, 7) is 0. The first-order chi connectivity index (χ1) is 32.2. The van der Waals surface area contributed by atoms with Crippen molar-refractivity contribution in [3.05, 3.63) is 231 Å². The lowest BCUT2D eigenvalue weighted by atomic mass is 9.83. The van der Waals surface area contributed by atoms with Gasteiger partial charge in [0, 0.05) is 36.9 Å². The van der Waals surface area contributed by atoms with E-state index < -0.39 is 0 Å². The van der Waals surface area contributed by atoms with Crippen LogP contribution in [0.25, 0.3) is 131 Å². The maximum absolute atomic E-state index is 5.14. The molecule has 2 aromatic heterocycles. The number of thiophene rings is 1. The van der Waals surface area contributed by atoms with Crippen molar-refractivity contribution in [1.29, 1.82) is 0 Å². The predicted molar refractivity (Wildman–Crippen MR) is 278 cm³/mol. The maximum Gasteiger partial charge on any atom is 0.160 e. The fourth-order valence-electron chi connectivity index (χ4n) is 9.92. The lowest BCUT2D eigenvalue weighted by Gasteiger charge is -2.19. The molecule has 13 aromatic rings. The zero-order valence-corrected chi connectivity index (χ0v) is 36.1. The molecule has 11 aromatic carbocycles. The molecule has 2 nitrogen and oxygen atoms in total. The molecular weight excluding hydrogens is 805 g/mol. The molecule has 3 heteroatoms. The van der Waals surface area contributed by atoms with Gasteiger partial charge in [-0.25, -0.2) is 9.97 Å². The van der Waals surface area contributed by atoms with Crippen LogP contribution in [0.5, 0.6) is 0 Å². The minimum Gasteiger partial charge on any atom is -0.228 e. The maximum atomic E-state index is 5.14. The van der Waals surface area contributed by atoms with E-state index in [9.17, 15) is 0 Å². The summed E-state index contributed by atoms with van der Waals surface area (Å²) in [5.74, 6) is 0.715. The molecule has 0 aliphatic carbocycles. The van der Waals surface area contributed by atoms with Gasteiger partial charge in [-0.1, -0.05) is 194 Å². The Morgan fingerprint density at radius 1 is 0.262 bits per heavy atom. The second-order valence-corrected chi connectivity index (χ2v) is 17.9. The highest BCUT2D eigenvalue weighted by Crippen LogP contribution is 2.47. The molecule has 302 valence electrons. The van der Waals surface area contributed by atoms with Gasteiger partial charge in [-0.05, 0) is 113 Å². The number of hydrogen-bond acceptors (Lipinski definition) is 3. The average Bonchev–Trinajstić information content (AvgIpc) is 3.76. The Kier molecular flexibility index (Phi) is 8.75. The Labute approximate surface area is 380 Å². The Morgan fingerprint density at radius 3 is 1.57 bits per heavy atom. The van der Waals surface area contributed by atoms with Gasteiger partial charge in [0.15, 0.2) is 5.82 Å². The van der Waals surface area contributed by atoms with E-state index in [0.29, 0.717) is 5.82 Å². The minimum absolute atomic E-state index is 0.715. The van der Waals surface area contributed by atoms with Crippen LogP contribution in [0, 0.1) is 0 Å². The highest BCUT2D eigenvalue weighted by atomic mass is 32.1. The Morgan fingerprint density at radius 2 is 0.800 bits per heavy atom. The van der Waals surface area contributed by atoms with Crippen LogP contribution in [0.4, 0.5) is 0 Å². The molecule has 13 rings (SSSR count). The largest absolute Gasteiger partial charge is 0.228 e. The van der Waals surface area contributed by atoms with Crippen molar-refractivity contribution in [2.75, 3.05) is 0 Å². The van der Waals surface area contributed by atoms with Crippen LogP contribution in [0.15, 0.2) is 231 Å². The predicted octanol–water partition coefficient (Wildman–Crippen LogP) is 17.5. The molecular formula is C62H38N2S. The lowest BCUT2D eigenvalue weighted by Crippen LogP contribution is -1.96. The van der Waals surface area contributed by atoms with Gasteiger partial charge in [-0.2, -0.15) is 0 Å². The molecule has 0 saturated heterocycles. The standard InChI is InChI=1S/C62H38N2S/c1-3-14-42(15-4-1)59-51-20-9-10-21-52(51)60(61-49-18-8-7-13-40(49)31-33-53(59)61)48-30-29-45-35-44(27-28-46(45)36-48)39-23-25-41(26-24-39)55-38-56(64-62(63-55)43-16-5-2-6-17-43)47-32-34-58-54(37-47)50-19-11-12-22-57(50)65-58/h1-38H. The van der Waals surface area contributed by atoms with E-state index in [1.54, 1.807) is 0 Å². The van der Waals surface area contributed by atoms with E-state index in [0.717, 1.165) is 33.6 Å². The zero-order valence-electron chi connectivity index (χ0n) is 35.2. The van der Waals surface area contributed by atoms with E-state index in [2.05, 4.69) is 212 Å². The van der Waals surface area contributed by atoms with E-state index in [1.807, 2.05) is 29.5 Å². The van der Waals surface area contributed by atoms with Crippen molar-refractivity contribution in [1.82, 2.24) is 9.97 Å². The van der Waals surface area contributed by atoms with Crippen LogP contribution in [0.3, 0.4) is 0 Å². The molecule has 0 aliphatic rings. The fourth-order valence-corrected chi connectivity index (χ4v) is 11.0.